The molecular weight excluding hydrogens is 403 g/mol. The molecular formula is C20H22ClFN2O3S. The van der Waals surface area contributed by atoms with Gasteiger partial charge in [-0.1, -0.05) is 35.7 Å². The van der Waals surface area contributed by atoms with Crippen LogP contribution in [0.15, 0.2) is 47.4 Å². The molecule has 5 nitrogen and oxygen atoms in total. The van der Waals surface area contributed by atoms with E-state index in [2.05, 4.69) is 5.32 Å². The summed E-state index contributed by atoms with van der Waals surface area (Å²) in [7, 11) is -3.68. The lowest BCUT2D eigenvalue weighted by molar-refractivity contribution is -0.117. The van der Waals surface area contributed by atoms with Crippen molar-refractivity contribution >= 4 is 33.2 Å². The molecule has 2 aromatic rings. The van der Waals surface area contributed by atoms with Gasteiger partial charge in [-0.05, 0) is 50.1 Å². The molecule has 1 heterocycles. The number of halogens is 2. The van der Waals surface area contributed by atoms with Gasteiger partial charge in [-0.3, -0.25) is 4.79 Å². The number of aryl methyl sites for hydroxylation is 1. The largest absolute Gasteiger partial charge is 0.326 e. The normalized spacial score (nSPS) is 18.0. The number of hydrogen-bond donors (Lipinski definition) is 1. The van der Waals surface area contributed by atoms with Crippen LogP contribution in [0.4, 0.5) is 10.1 Å². The topological polar surface area (TPSA) is 66.5 Å². The summed E-state index contributed by atoms with van der Waals surface area (Å²) < 4.78 is 40.8. The van der Waals surface area contributed by atoms with Gasteiger partial charge in [0.2, 0.25) is 15.9 Å². The summed E-state index contributed by atoms with van der Waals surface area (Å²) in [6.07, 6.45) is 2.26. The van der Waals surface area contributed by atoms with Crippen molar-refractivity contribution in [1.29, 1.82) is 0 Å². The lowest BCUT2D eigenvalue weighted by atomic mass is 10.0. The number of nitrogens with zero attached hydrogens (tertiary/aromatic N) is 1. The van der Waals surface area contributed by atoms with Gasteiger partial charge >= 0.3 is 0 Å². The number of rotatable bonds is 5. The highest BCUT2D eigenvalue weighted by Gasteiger charge is 2.34. The molecule has 1 N–H and O–H groups in total. The highest BCUT2D eigenvalue weighted by Crippen LogP contribution is 2.28. The maximum atomic E-state index is 13.3. The van der Waals surface area contributed by atoms with Gasteiger partial charge in [0.25, 0.3) is 0 Å². The van der Waals surface area contributed by atoms with Gasteiger partial charge < -0.3 is 5.32 Å². The molecule has 8 heteroatoms. The first-order valence-electron chi connectivity index (χ1n) is 9.11. The third kappa shape index (κ3) is 4.71. The van der Waals surface area contributed by atoms with Crippen molar-refractivity contribution in [3.05, 3.63) is 58.9 Å². The summed E-state index contributed by atoms with van der Waals surface area (Å²) in [5.41, 5.74) is 1.35. The maximum absolute atomic E-state index is 13.3. The number of carbonyl (C=O) groups excluding carboxylic acids is 1. The lowest BCUT2D eigenvalue weighted by Gasteiger charge is -2.34. The van der Waals surface area contributed by atoms with Gasteiger partial charge in [-0.15, -0.1) is 0 Å². The Morgan fingerprint density at radius 2 is 1.93 bits per heavy atom. The second-order valence-electron chi connectivity index (χ2n) is 6.96. The fraction of sp³-hybridized carbons (Fsp3) is 0.350. The molecule has 0 saturated carbocycles. The minimum atomic E-state index is -3.68. The summed E-state index contributed by atoms with van der Waals surface area (Å²) in [6, 6.07) is 10.2. The van der Waals surface area contributed by atoms with Crippen LogP contribution in [-0.4, -0.2) is 31.2 Å². The predicted molar refractivity (Wildman–Crippen MR) is 107 cm³/mol. The molecule has 1 fully saturated rings. The van der Waals surface area contributed by atoms with Crippen molar-refractivity contribution in [2.45, 2.75) is 43.5 Å². The average molecular weight is 425 g/mol. The average Bonchev–Trinajstić information content (AvgIpc) is 2.65. The molecule has 3 rings (SSSR count). The van der Waals surface area contributed by atoms with E-state index >= 15 is 0 Å². The van der Waals surface area contributed by atoms with Crippen LogP contribution in [0.5, 0.6) is 0 Å². The van der Waals surface area contributed by atoms with Crippen molar-refractivity contribution in [3.8, 4) is 0 Å². The van der Waals surface area contributed by atoms with Gasteiger partial charge in [0, 0.05) is 24.7 Å². The molecule has 1 aliphatic rings. The lowest BCUT2D eigenvalue weighted by Crippen LogP contribution is -2.45. The van der Waals surface area contributed by atoms with Crippen LogP contribution < -0.4 is 5.32 Å². The highest BCUT2D eigenvalue weighted by atomic mass is 35.5. The van der Waals surface area contributed by atoms with Crippen molar-refractivity contribution in [1.82, 2.24) is 4.31 Å². The van der Waals surface area contributed by atoms with E-state index in [0.29, 0.717) is 18.7 Å². The predicted octanol–water partition coefficient (Wildman–Crippen LogP) is 4.36. The minimum absolute atomic E-state index is 0.0279. The highest BCUT2D eigenvalue weighted by molar-refractivity contribution is 7.89. The van der Waals surface area contributed by atoms with E-state index in [1.807, 2.05) is 6.92 Å². The Kier molecular flexibility index (Phi) is 6.37. The quantitative estimate of drug-likeness (QED) is 0.775. The number of anilines is 1. The molecule has 0 unspecified atom stereocenters. The van der Waals surface area contributed by atoms with Crippen LogP contribution in [0.2, 0.25) is 5.02 Å². The Morgan fingerprint density at radius 1 is 1.21 bits per heavy atom. The first kappa shape index (κ1) is 20.8. The Bertz CT molecular complexity index is 964. The van der Waals surface area contributed by atoms with Crippen molar-refractivity contribution in [3.63, 3.8) is 0 Å². The summed E-state index contributed by atoms with van der Waals surface area (Å²) in [5.74, 6) is -0.902. The summed E-state index contributed by atoms with van der Waals surface area (Å²) in [5, 5.41) is 2.58. The summed E-state index contributed by atoms with van der Waals surface area (Å²) in [4.78, 5) is 12.7. The third-order valence-electron chi connectivity index (χ3n) is 4.83. The van der Waals surface area contributed by atoms with Gasteiger partial charge in [0.05, 0.1) is 9.92 Å². The van der Waals surface area contributed by atoms with Gasteiger partial charge in [0.1, 0.15) is 5.82 Å². The van der Waals surface area contributed by atoms with Gasteiger partial charge in [0.15, 0.2) is 0 Å². The second-order valence-corrected chi connectivity index (χ2v) is 9.26. The molecule has 1 saturated heterocycles. The summed E-state index contributed by atoms with van der Waals surface area (Å²) >= 11 is 5.74. The van der Waals surface area contributed by atoms with E-state index < -0.39 is 21.9 Å². The van der Waals surface area contributed by atoms with E-state index in [1.54, 1.807) is 24.3 Å². The number of hydrogen-bond acceptors (Lipinski definition) is 3. The molecule has 150 valence electrons. The molecule has 0 spiro atoms. The Labute approximate surface area is 169 Å². The van der Waals surface area contributed by atoms with E-state index in [4.69, 9.17) is 11.6 Å². The zero-order valence-electron chi connectivity index (χ0n) is 15.5. The monoisotopic (exact) mass is 424 g/mol. The SMILES string of the molecule is Cc1ccc(S(=O)(=O)N2CCCC[C@@H]2CC(=O)Nc2ccc(F)c(Cl)c2)cc1. The number of nitrogens with one attached hydrogen (secondary N) is 1. The van der Waals surface area contributed by atoms with Crippen LogP contribution in [0.25, 0.3) is 0 Å². The van der Waals surface area contributed by atoms with E-state index in [9.17, 15) is 17.6 Å². The Balaban J connectivity index is 1.74. The number of piperidine rings is 1. The van der Waals surface area contributed by atoms with E-state index in [-0.39, 0.29) is 22.2 Å². The van der Waals surface area contributed by atoms with E-state index in [1.165, 1.54) is 22.5 Å². The fourth-order valence-corrected chi connectivity index (χ4v) is 5.21. The van der Waals surface area contributed by atoms with Crippen LogP contribution in [0.1, 0.15) is 31.2 Å². The number of sulfonamides is 1. The van der Waals surface area contributed by atoms with Gasteiger partial charge in [-0.2, -0.15) is 4.31 Å². The smallest absolute Gasteiger partial charge is 0.243 e. The van der Waals surface area contributed by atoms with Crippen LogP contribution in [-0.2, 0) is 14.8 Å². The second kappa shape index (κ2) is 8.59. The van der Waals surface area contributed by atoms with Crippen LogP contribution >= 0.6 is 11.6 Å². The minimum Gasteiger partial charge on any atom is -0.326 e. The Morgan fingerprint density at radius 3 is 2.61 bits per heavy atom. The van der Waals surface area contributed by atoms with Crippen molar-refractivity contribution in [2.75, 3.05) is 11.9 Å². The van der Waals surface area contributed by atoms with Crippen molar-refractivity contribution < 1.29 is 17.6 Å². The molecule has 28 heavy (non-hydrogen) atoms. The molecule has 0 radical (unpaired) electrons. The molecule has 1 atom stereocenters. The first-order chi connectivity index (χ1) is 13.3. The number of amides is 1. The van der Waals surface area contributed by atoms with Crippen molar-refractivity contribution in [2.24, 2.45) is 0 Å². The van der Waals surface area contributed by atoms with Crippen LogP contribution in [0.3, 0.4) is 0 Å². The zero-order valence-corrected chi connectivity index (χ0v) is 17.1. The molecule has 0 aliphatic carbocycles. The molecule has 2 aromatic carbocycles. The standard InChI is InChI=1S/C20H22ClFN2O3S/c1-14-5-8-17(9-6-14)28(26,27)24-11-3-2-4-16(24)13-20(25)23-15-7-10-19(22)18(21)12-15/h5-10,12,16H,2-4,11,13H2,1H3,(H,23,25)/t16-/m1/s1. The fourth-order valence-electron chi connectivity index (χ4n) is 3.34. The summed E-state index contributed by atoms with van der Waals surface area (Å²) in [6.45, 7) is 2.28. The molecule has 0 bridgehead atoms. The zero-order chi connectivity index (χ0) is 20.3. The maximum Gasteiger partial charge on any atom is 0.243 e. The van der Waals surface area contributed by atoms with Crippen LogP contribution in [0, 0.1) is 12.7 Å². The number of benzene rings is 2. The number of carbonyl (C=O) groups is 1. The van der Waals surface area contributed by atoms with Gasteiger partial charge in [-0.25, -0.2) is 12.8 Å². The molecule has 1 amide bonds. The first-order valence-corrected chi connectivity index (χ1v) is 10.9. The van der Waals surface area contributed by atoms with E-state index in [0.717, 1.165) is 18.4 Å². The third-order valence-corrected chi connectivity index (χ3v) is 7.08. The molecule has 0 aromatic heterocycles. The Hall–Kier alpha value is -1.96. The molecule has 1 aliphatic heterocycles.